The van der Waals surface area contributed by atoms with E-state index < -0.39 is 0 Å². The summed E-state index contributed by atoms with van der Waals surface area (Å²) in [4.78, 5) is 2.36. The van der Waals surface area contributed by atoms with Crippen LogP contribution in [0.2, 0.25) is 0 Å². The van der Waals surface area contributed by atoms with Gasteiger partial charge in [-0.05, 0) is 63.4 Å². The molecular weight excluding hydrogens is 234 g/mol. The lowest BCUT2D eigenvalue weighted by Gasteiger charge is -2.26. The van der Waals surface area contributed by atoms with Crippen LogP contribution in [0.25, 0.3) is 0 Å². The summed E-state index contributed by atoms with van der Waals surface area (Å²) in [6.45, 7) is 13.6. The smallest absolute Gasteiger partial charge is 0.0922 e. The molecule has 0 heterocycles. The first-order chi connectivity index (χ1) is 8.99. The molecule has 0 aliphatic rings. The molecule has 1 atom stereocenters. The van der Waals surface area contributed by atoms with E-state index in [1.165, 1.54) is 16.7 Å². The van der Waals surface area contributed by atoms with Gasteiger partial charge in [0.1, 0.15) is 0 Å². The van der Waals surface area contributed by atoms with E-state index in [0.717, 1.165) is 38.0 Å². The third kappa shape index (κ3) is 4.63. The van der Waals surface area contributed by atoms with Crippen LogP contribution in [0.3, 0.4) is 0 Å². The third-order valence-electron chi connectivity index (χ3n) is 3.58. The van der Waals surface area contributed by atoms with Gasteiger partial charge in [-0.3, -0.25) is 0 Å². The number of aliphatic hydroxyl groups is 1. The predicted molar refractivity (Wildman–Crippen MR) is 82.6 cm³/mol. The molecule has 0 fully saturated rings. The molecule has 108 valence electrons. The quantitative estimate of drug-likeness (QED) is 0.809. The van der Waals surface area contributed by atoms with Crippen molar-refractivity contribution >= 4 is 0 Å². The van der Waals surface area contributed by atoms with Crippen molar-refractivity contribution in [2.45, 2.75) is 53.6 Å². The summed E-state index contributed by atoms with van der Waals surface area (Å²) < 4.78 is 0. The summed E-state index contributed by atoms with van der Waals surface area (Å²) in [5.74, 6) is 0. The Labute approximate surface area is 118 Å². The maximum Gasteiger partial charge on any atom is 0.0922 e. The minimum Gasteiger partial charge on any atom is -0.387 e. The molecule has 0 saturated heterocycles. The summed E-state index contributed by atoms with van der Waals surface area (Å²) >= 11 is 0. The second kappa shape index (κ2) is 7.66. The maximum atomic E-state index is 10.6. The zero-order valence-electron chi connectivity index (χ0n) is 13.2. The van der Waals surface area contributed by atoms with Gasteiger partial charge in [-0.1, -0.05) is 31.5 Å². The van der Waals surface area contributed by atoms with Gasteiger partial charge in [0.15, 0.2) is 0 Å². The number of benzene rings is 1. The summed E-state index contributed by atoms with van der Waals surface area (Å²) in [6.07, 6.45) is 1.90. The van der Waals surface area contributed by atoms with Crippen molar-refractivity contribution in [1.29, 1.82) is 0 Å². The van der Waals surface area contributed by atoms with Crippen molar-refractivity contribution in [2.75, 3.05) is 19.6 Å². The van der Waals surface area contributed by atoms with Gasteiger partial charge in [0.2, 0.25) is 0 Å². The molecule has 1 aromatic rings. The largest absolute Gasteiger partial charge is 0.387 e. The van der Waals surface area contributed by atoms with Gasteiger partial charge in [0, 0.05) is 6.54 Å². The van der Waals surface area contributed by atoms with Gasteiger partial charge < -0.3 is 10.0 Å². The van der Waals surface area contributed by atoms with Crippen LogP contribution in [-0.2, 0) is 0 Å². The molecule has 0 aliphatic carbocycles. The highest BCUT2D eigenvalue weighted by Gasteiger charge is 2.16. The highest BCUT2D eigenvalue weighted by Crippen LogP contribution is 2.24. The number of hydrogen-bond acceptors (Lipinski definition) is 2. The maximum absolute atomic E-state index is 10.6. The fourth-order valence-corrected chi connectivity index (χ4v) is 2.98. The van der Waals surface area contributed by atoms with Crippen molar-refractivity contribution in [3.8, 4) is 0 Å². The molecule has 2 heteroatoms. The van der Waals surface area contributed by atoms with Crippen LogP contribution in [0, 0.1) is 20.8 Å². The second-order valence-electron chi connectivity index (χ2n) is 5.63. The monoisotopic (exact) mass is 263 g/mol. The molecule has 19 heavy (non-hydrogen) atoms. The van der Waals surface area contributed by atoms with E-state index in [4.69, 9.17) is 0 Å². The van der Waals surface area contributed by atoms with E-state index in [9.17, 15) is 5.11 Å². The first kappa shape index (κ1) is 16.2. The highest BCUT2D eigenvalue weighted by atomic mass is 16.3. The number of hydrogen-bond donors (Lipinski definition) is 1. The molecular formula is C17H29NO. The molecule has 1 rings (SSSR count). The third-order valence-corrected chi connectivity index (χ3v) is 3.58. The molecule has 0 spiro atoms. The number of nitrogens with zero attached hydrogens (tertiary/aromatic N) is 1. The lowest BCUT2D eigenvalue weighted by atomic mass is 9.95. The van der Waals surface area contributed by atoms with Gasteiger partial charge in [-0.15, -0.1) is 0 Å². The first-order valence-corrected chi connectivity index (χ1v) is 7.47. The lowest BCUT2D eigenvalue weighted by molar-refractivity contribution is 0.112. The zero-order valence-corrected chi connectivity index (χ0v) is 13.2. The van der Waals surface area contributed by atoms with Crippen LogP contribution >= 0.6 is 0 Å². The van der Waals surface area contributed by atoms with Gasteiger partial charge in [-0.2, -0.15) is 0 Å². The Kier molecular flexibility index (Phi) is 6.53. The van der Waals surface area contributed by atoms with Crippen molar-refractivity contribution in [3.63, 3.8) is 0 Å². The van der Waals surface area contributed by atoms with Crippen LogP contribution in [0.4, 0.5) is 0 Å². The Hall–Kier alpha value is -0.860. The number of rotatable bonds is 7. The normalized spacial score (nSPS) is 13.0. The van der Waals surface area contributed by atoms with E-state index in [1.807, 2.05) is 0 Å². The molecule has 1 unspecified atom stereocenters. The SMILES string of the molecule is CCCN(CCC)CC(O)c1c(C)cc(C)cc1C. The van der Waals surface area contributed by atoms with E-state index in [2.05, 4.69) is 51.7 Å². The Morgan fingerprint density at radius 2 is 1.47 bits per heavy atom. The minimum absolute atomic E-state index is 0.376. The minimum atomic E-state index is -0.376. The van der Waals surface area contributed by atoms with Gasteiger partial charge in [0.05, 0.1) is 6.10 Å². The molecule has 1 aromatic carbocycles. The van der Waals surface area contributed by atoms with Crippen molar-refractivity contribution in [3.05, 3.63) is 34.4 Å². The Balaban J connectivity index is 2.84. The molecule has 0 bridgehead atoms. The highest BCUT2D eigenvalue weighted by molar-refractivity contribution is 5.39. The van der Waals surface area contributed by atoms with Crippen LogP contribution in [0.1, 0.15) is 55.0 Å². The van der Waals surface area contributed by atoms with Crippen LogP contribution in [0.5, 0.6) is 0 Å². The topological polar surface area (TPSA) is 23.5 Å². The number of aliphatic hydroxyl groups excluding tert-OH is 1. The van der Waals surface area contributed by atoms with Crippen LogP contribution in [-0.4, -0.2) is 29.6 Å². The molecule has 2 nitrogen and oxygen atoms in total. The van der Waals surface area contributed by atoms with Gasteiger partial charge in [-0.25, -0.2) is 0 Å². The second-order valence-corrected chi connectivity index (χ2v) is 5.63. The molecule has 0 saturated carbocycles. The molecule has 1 N–H and O–H groups in total. The summed E-state index contributed by atoms with van der Waals surface area (Å²) in [5.41, 5.74) is 4.80. The van der Waals surface area contributed by atoms with Crippen LogP contribution in [0.15, 0.2) is 12.1 Å². The molecule has 0 radical (unpaired) electrons. The first-order valence-electron chi connectivity index (χ1n) is 7.47. The van der Waals surface area contributed by atoms with E-state index >= 15 is 0 Å². The van der Waals surface area contributed by atoms with E-state index in [0.29, 0.717) is 0 Å². The molecule has 0 aliphatic heterocycles. The zero-order chi connectivity index (χ0) is 14.4. The average Bonchev–Trinajstić information content (AvgIpc) is 2.27. The average molecular weight is 263 g/mol. The van der Waals surface area contributed by atoms with Crippen molar-refractivity contribution in [2.24, 2.45) is 0 Å². The fraction of sp³-hybridized carbons (Fsp3) is 0.647. The van der Waals surface area contributed by atoms with Gasteiger partial charge >= 0.3 is 0 Å². The standard InChI is InChI=1S/C17H29NO/c1-6-8-18(9-7-2)12-16(19)17-14(4)10-13(3)11-15(17)5/h10-11,16,19H,6-9,12H2,1-5H3. The van der Waals surface area contributed by atoms with E-state index in [-0.39, 0.29) is 6.10 Å². The Morgan fingerprint density at radius 1 is 1.00 bits per heavy atom. The summed E-state index contributed by atoms with van der Waals surface area (Å²) in [6, 6.07) is 4.32. The molecule has 0 aromatic heterocycles. The van der Waals surface area contributed by atoms with Crippen molar-refractivity contribution in [1.82, 2.24) is 4.90 Å². The van der Waals surface area contributed by atoms with Crippen molar-refractivity contribution < 1.29 is 5.11 Å². The lowest BCUT2D eigenvalue weighted by Crippen LogP contribution is -2.30. The summed E-state index contributed by atoms with van der Waals surface area (Å²) in [7, 11) is 0. The fourth-order valence-electron chi connectivity index (χ4n) is 2.98. The number of aryl methyl sites for hydroxylation is 3. The molecule has 0 amide bonds. The Bertz CT molecular complexity index is 371. The Morgan fingerprint density at radius 3 is 1.89 bits per heavy atom. The van der Waals surface area contributed by atoms with Gasteiger partial charge in [0.25, 0.3) is 0 Å². The van der Waals surface area contributed by atoms with E-state index in [1.54, 1.807) is 0 Å². The summed E-state index contributed by atoms with van der Waals surface area (Å²) in [5, 5.41) is 10.6. The predicted octanol–water partition coefficient (Wildman–Crippen LogP) is 3.77. The van der Waals surface area contributed by atoms with Crippen LogP contribution < -0.4 is 0 Å².